The Bertz CT molecular complexity index is 1000. The number of benzene rings is 2. The molecule has 2 saturated heterocycles. The molecular formula is C26H32FN3O2. The Morgan fingerprint density at radius 2 is 1.66 bits per heavy atom. The molecular weight excluding hydrogens is 405 g/mol. The highest BCUT2D eigenvalue weighted by Crippen LogP contribution is 2.29. The van der Waals surface area contributed by atoms with Crippen molar-refractivity contribution in [3.05, 3.63) is 65.2 Å². The number of piperazine rings is 1. The number of carbonyl (C=O) groups excluding carboxylic acids is 1. The first-order chi connectivity index (χ1) is 15.2. The number of amides is 1. The Kier molecular flexibility index (Phi) is 6.24. The highest BCUT2D eigenvalue weighted by atomic mass is 19.1. The minimum atomic E-state index is -0.280. The van der Waals surface area contributed by atoms with Gasteiger partial charge < -0.3 is 19.4 Å². The van der Waals surface area contributed by atoms with Gasteiger partial charge in [-0.3, -0.25) is 4.79 Å². The van der Waals surface area contributed by atoms with Crippen molar-refractivity contribution < 1.29 is 13.9 Å². The zero-order valence-corrected chi connectivity index (χ0v) is 19.4. The SMILES string of the molecule is CN1CCN(c2cc(F)ccc2C=C2OCCN(c3ccc(C(C)(C)C)cc3)C2=O)CC1. The summed E-state index contributed by atoms with van der Waals surface area (Å²) in [5.41, 5.74) is 3.73. The first kappa shape index (κ1) is 22.3. The lowest BCUT2D eigenvalue weighted by Crippen LogP contribution is -2.44. The van der Waals surface area contributed by atoms with Gasteiger partial charge in [0.2, 0.25) is 0 Å². The predicted molar refractivity (Wildman–Crippen MR) is 128 cm³/mol. The lowest BCUT2D eigenvalue weighted by atomic mass is 9.87. The minimum Gasteiger partial charge on any atom is -0.486 e. The summed E-state index contributed by atoms with van der Waals surface area (Å²) in [4.78, 5) is 19.4. The van der Waals surface area contributed by atoms with Crippen LogP contribution in [0.15, 0.2) is 48.2 Å². The quantitative estimate of drug-likeness (QED) is 0.672. The van der Waals surface area contributed by atoms with E-state index in [4.69, 9.17) is 4.74 Å². The first-order valence-corrected chi connectivity index (χ1v) is 11.2. The fourth-order valence-corrected chi connectivity index (χ4v) is 4.14. The number of morpholine rings is 1. The Labute approximate surface area is 190 Å². The summed E-state index contributed by atoms with van der Waals surface area (Å²) >= 11 is 0. The van der Waals surface area contributed by atoms with E-state index in [1.54, 1.807) is 23.1 Å². The molecule has 4 rings (SSSR count). The standard InChI is InChI=1S/C26H32FN3O2/c1-26(2,3)20-6-9-22(10-7-20)30-15-16-32-24(25(30)31)17-19-5-8-21(27)18-23(19)29-13-11-28(4)12-14-29/h5-10,17-18H,11-16H2,1-4H3. The van der Waals surface area contributed by atoms with Gasteiger partial charge in [0.05, 0.1) is 6.54 Å². The van der Waals surface area contributed by atoms with E-state index in [0.29, 0.717) is 13.2 Å². The van der Waals surface area contributed by atoms with E-state index >= 15 is 0 Å². The summed E-state index contributed by atoms with van der Waals surface area (Å²) in [6, 6.07) is 12.9. The van der Waals surface area contributed by atoms with Crippen molar-refractivity contribution in [2.45, 2.75) is 26.2 Å². The van der Waals surface area contributed by atoms with Crippen molar-refractivity contribution in [3.63, 3.8) is 0 Å². The van der Waals surface area contributed by atoms with Crippen LogP contribution in [0.5, 0.6) is 0 Å². The van der Waals surface area contributed by atoms with Crippen LogP contribution in [0, 0.1) is 5.82 Å². The Morgan fingerprint density at radius 3 is 2.31 bits per heavy atom. The molecule has 2 fully saturated rings. The van der Waals surface area contributed by atoms with Crippen molar-refractivity contribution >= 4 is 23.4 Å². The van der Waals surface area contributed by atoms with Crippen LogP contribution in [-0.4, -0.2) is 57.2 Å². The van der Waals surface area contributed by atoms with E-state index in [1.807, 2.05) is 12.1 Å². The highest BCUT2D eigenvalue weighted by Gasteiger charge is 2.27. The molecule has 32 heavy (non-hydrogen) atoms. The number of hydrogen-bond acceptors (Lipinski definition) is 4. The third-order valence-electron chi connectivity index (χ3n) is 6.20. The van der Waals surface area contributed by atoms with E-state index in [0.717, 1.165) is 43.1 Å². The monoisotopic (exact) mass is 437 g/mol. The molecule has 6 heteroatoms. The molecule has 2 aliphatic rings. The molecule has 0 saturated carbocycles. The van der Waals surface area contributed by atoms with Gasteiger partial charge in [-0.1, -0.05) is 32.9 Å². The van der Waals surface area contributed by atoms with Gasteiger partial charge in [-0.15, -0.1) is 0 Å². The number of ether oxygens (including phenoxy) is 1. The number of rotatable bonds is 3. The molecule has 2 aliphatic heterocycles. The molecule has 0 radical (unpaired) electrons. The number of nitrogens with zero attached hydrogens (tertiary/aromatic N) is 3. The van der Waals surface area contributed by atoms with E-state index in [1.165, 1.54) is 11.6 Å². The molecule has 0 bridgehead atoms. The summed E-state index contributed by atoms with van der Waals surface area (Å²) < 4.78 is 19.8. The number of hydrogen-bond donors (Lipinski definition) is 0. The van der Waals surface area contributed by atoms with E-state index < -0.39 is 0 Å². The third-order valence-corrected chi connectivity index (χ3v) is 6.20. The summed E-state index contributed by atoms with van der Waals surface area (Å²) in [5.74, 6) is -0.163. The fraction of sp³-hybridized carbons (Fsp3) is 0.423. The van der Waals surface area contributed by atoms with E-state index in [9.17, 15) is 9.18 Å². The molecule has 0 atom stereocenters. The maximum absolute atomic E-state index is 14.1. The maximum Gasteiger partial charge on any atom is 0.293 e. The molecule has 2 heterocycles. The van der Waals surface area contributed by atoms with Crippen LogP contribution in [0.1, 0.15) is 31.9 Å². The lowest BCUT2D eigenvalue weighted by Gasteiger charge is -2.35. The van der Waals surface area contributed by atoms with Gasteiger partial charge in [-0.25, -0.2) is 4.39 Å². The van der Waals surface area contributed by atoms with Crippen molar-refractivity contribution in [1.29, 1.82) is 0 Å². The molecule has 1 amide bonds. The summed E-state index contributed by atoms with van der Waals surface area (Å²) in [5, 5.41) is 0. The Hall–Kier alpha value is -2.86. The molecule has 2 aromatic carbocycles. The number of carbonyl (C=O) groups is 1. The number of halogens is 1. The maximum atomic E-state index is 14.1. The molecule has 0 aromatic heterocycles. The van der Waals surface area contributed by atoms with Crippen molar-refractivity contribution in [2.75, 3.05) is 56.2 Å². The van der Waals surface area contributed by atoms with Gasteiger partial charge in [0.25, 0.3) is 5.91 Å². The molecule has 5 nitrogen and oxygen atoms in total. The smallest absolute Gasteiger partial charge is 0.293 e. The van der Waals surface area contributed by atoms with Gasteiger partial charge in [-0.05, 0) is 54.4 Å². The second-order valence-corrected chi connectivity index (χ2v) is 9.60. The van der Waals surface area contributed by atoms with Crippen molar-refractivity contribution in [2.24, 2.45) is 0 Å². The normalized spacial score (nSPS) is 19.4. The van der Waals surface area contributed by atoms with Gasteiger partial charge in [0, 0.05) is 43.1 Å². The van der Waals surface area contributed by atoms with Gasteiger partial charge in [0.15, 0.2) is 5.76 Å². The molecule has 0 aliphatic carbocycles. The Balaban J connectivity index is 1.60. The molecule has 170 valence electrons. The topological polar surface area (TPSA) is 36.0 Å². The van der Waals surface area contributed by atoms with Crippen LogP contribution in [0.4, 0.5) is 15.8 Å². The van der Waals surface area contributed by atoms with Gasteiger partial charge in [-0.2, -0.15) is 0 Å². The molecule has 0 spiro atoms. The minimum absolute atomic E-state index is 0.0564. The average molecular weight is 438 g/mol. The zero-order valence-electron chi connectivity index (χ0n) is 19.4. The highest BCUT2D eigenvalue weighted by molar-refractivity contribution is 6.07. The zero-order chi connectivity index (χ0) is 22.9. The average Bonchev–Trinajstić information content (AvgIpc) is 2.76. The number of anilines is 2. The number of likely N-dealkylation sites (N-methyl/N-ethyl adjacent to an activating group) is 1. The van der Waals surface area contributed by atoms with Crippen LogP contribution in [-0.2, 0) is 14.9 Å². The van der Waals surface area contributed by atoms with Crippen molar-refractivity contribution in [1.82, 2.24) is 4.90 Å². The van der Waals surface area contributed by atoms with Gasteiger partial charge >= 0.3 is 0 Å². The van der Waals surface area contributed by atoms with Crippen LogP contribution in [0.25, 0.3) is 6.08 Å². The molecule has 2 aromatic rings. The summed E-state index contributed by atoms with van der Waals surface area (Å²) in [6.07, 6.45) is 1.76. The van der Waals surface area contributed by atoms with E-state index in [2.05, 4.69) is 49.8 Å². The first-order valence-electron chi connectivity index (χ1n) is 11.2. The molecule has 0 unspecified atom stereocenters. The van der Waals surface area contributed by atoms with Crippen LogP contribution in [0.2, 0.25) is 0 Å². The third kappa shape index (κ3) is 4.80. The second kappa shape index (κ2) is 8.94. The molecule has 0 N–H and O–H groups in total. The summed E-state index contributed by atoms with van der Waals surface area (Å²) in [6.45, 7) is 10.9. The Morgan fingerprint density at radius 1 is 0.969 bits per heavy atom. The second-order valence-electron chi connectivity index (χ2n) is 9.60. The van der Waals surface area contributed by atoms with Crippen LogP contribution in [0.3, 0.4) is 0 Å². The predicted octanol–water partition coefficient (Wildman–Crippen LogP) is 4.28. The van der Waals surface area contributed by atoms with Crippen LogP contribution >= 0.6 is 0 Å². The van der Waals surface area contributed by atoms with Crippen LogP contribution < -0.4 is 9.80 Å². The van der Waals surface area contributed by atoms with Gasteiger partial charge in [0.1, 0.15) is 12.4 Å². The largest absolute Gasteiger partial charge is 0.486 e. The van der Waals surface area contributed by atoms with Crippen molar-refractivity contribution in [3.8, 4) is 0 Å². The summed E-state index contributed by atoms with van der Waals surface area (Å²) in [7, 11) is 2.09. The van der Waals surface area contributed by atoms with E-state index in [-0.39, 0.29) is 22.9 Å². The fourth-order valence-electron chi connectivity index (χ4n) is 4.14. The lowest BCUT2D eigenvalue weighted by molar-refractivity contribution is -0.120.